The number of nitrogens with zero attached hydrogens (tertiary/aromatic N) is 3. The number of methoxy groups -OCH3 is 2. The highest BCUT2D eigenvalue weighted by Gasteiger charge is 2.45. The first-order valence-corrected chi connectivity index (χ1v) is 24.0. The minimum Gasteiger partial charge on any atom is -0.478 e. The van der Waals surface area contributed by atoms with Gasteiger partial charge in [-0.1, -0.05) is 189 Å². The molecule has 13 heteroatoms. The first-order chi connectivity index (χ1) is 35.4. The Morgan fingerprint density at radius 2 is 0.878 bits per heavy atom. The Kier molecular flexibility index (Phi) is 21.8. The molecule has 74 heavy (non-hydrogen) atoms. The molecule has 8 rings (SSSR count). The number of likely N-dealkylation sites (N-methyl/N-ethyl adjacent to an activating group) is 2. The average Bonchev–Trinajstić information content (AvgIpc) is 4.10. The number of esters is 2. The van der Waals surface area contributed by atoms with E-state index in [1.807, 2.05) is 189 Å². The second-order valence-corrected chi connectivity index (χ2v) is 17.5. The van der Waals surface area contributed by atoms with E-state index in [2.05, 4.69) is 5.32 Å². The maximum atomic E-state index is 14.0. The van der Waals surface area contributed by atoms with Crippen LogP contribution in [0, 0.1) is 0 Å². The number of aliphatic carboxylic acids is 1. The van der Waals surface area contributed by atoms with E-state index in [-0.39, 0.29) is 49.7 Å². The molecule has 4 atom stereocenters. The van der Waals surface area contributed by atoms with Crippen LogP contribution in [0.5, 0.6) is 0 Å². The summed E-state index contributed by atoms with van der Waals surface area (Å²) in [6, 6.07) is 55.8. The molecule has 2 aliphatic rings. The quantitative estimate of drug-likeness (QED) is 0.0798. The third-order valence-electron chi connectivity index (χ3n) is 12.9. The van der Waals surface area contributed by atoms with Crippen LogP contribution in [-0.4, -0.2) is 121 Å². The smallest absolute Gasteiger partial charge is 0.328 e. The first-order valence-electron chi connectivity index (χ1n) is 24.0. The highest BCUT2D eigenvalue weighted by molar-refractivity contribution is 5.94. The van der Waals surface area contributed by atoms with Gasteiger partial charge in [-0.25, -0.2) is 14.4 Å². The second kappa shape index (κ2) is 28.6. The number of hydrogen-bond acceptors (Lipinski definition) is 9. The van der Waals surface area contributed by atoms with Gasteiger partial charge in [0.15, 0.2) is 0 Å². The molecular weight excluding hydrogens is 933 g/mol. The summed E-state index contributed by atoms with van der Waals surface area (Å²) in [5, 5.41) is 11.5. The van der Waals surface area contributed by atoms with Crippen LogP contribution in [0.25, 0.3) is 12.2 Å². The number of benzene rings is 6. The summed E-state index contributed by atoms with van der Waals surface area (Å²) in [6.45, 7) is 0.738. The summed E-state index contributed by atoms with van der Waals surface area (Å²) < 4.78 is 9.99. The van der Waals surface area contributed by atoms with Gasteiger partial charge in [0.1, 0.15) is 12.1 Å². The van der Waals surface area contributed by atoms with Gasteiger partial charge in [0.25, 0.3) is 0 Å². The lowest BCUT2D eigenvalue weighted by Gasteiger charge is -2.28. The minimum atomic E-state index is -0.922. The molecular formula is C61H66N4O9. The molecule has 0 spiro atoms. The Balaban J connectivity index is 0.000000232. The van der Waals surface area contributed by atoms with Gasteiger partial charge in [0.05, 0.1) is 32.1 Å². The van der Waals surface area contributed by atoms with Gasteiger partial charge in [0.2, 0.25) is 17.7 Å². The predicted molar refractivity (Wildman–Crippen MR) is 288 cm³/mol. The molecule has 6 aromatic carbocycles. The molecule has 0 radical (unpaired) electrons. The van der Waals surface area contributed by atoms with Gasteiger partial charge in [-0.2, -0.15) is 0 Å². The van der Waals surface area contributed by atoms with Gasteiger partial charge in [-0.3, -0.25) is 14.4 Å². The third-order valence-corrected chi connectivity index (χ3v) is 12.9. The number of rotatable bonds is 14. The molecule has 2 fully saturated rings. The number of amides is 3. The van der Waals surface area contributed by atoms with E-state index in [0.29, 0.717) is 19.4 Å². The Morgan fingerprint density at radius 3 is 1.23 bits per heavy atom. The summed E-state index contributed by atoms with van der Waals surface area (Å²) in [4.78, 5) is 80.4. The molecule has 0 aliphatic carbocycles. The highest BCUT2D eigenvalue weighted by atomic mass is 16.5. The summed E-state index contributed by atoms with van der Waals surface area (Å²) in [5.41, 5.74) is 5.34. The molecule has 13 nitrogen and oxygen atoms in total. The molecule has 0 bridgehead atoms. The zero-order valence-corrected chi connectivity index (χ0v) is 41.5. The van der Waals surface area contributed by atoms with Crippen molar-refractivity contribution in [2.45, 2.75) is 56.3 Å². The standard InChI is InChI=1S/C30H30N2O4.C21H24N2O3.C9H8O2.CH4/c1-31(27(33)19-18-22-12-6-3-7-13-22)25-20-26(30(35)36-2)32(21-25)29(34)28(23-14-8-4-9-15-23)24-16-10-5-11-17-24;1-22-17-13-18(21(25)26-2)23(14-17)20(24)19(15-9-5-3-6-10-15)16-11-7-4-8-12-16;10-9(11)7-6-8-4-2-1-3-5-8;/h3-19,25-26,28H,20-21H2,1-2H3;3-12,17-19,22H,13-14H2,1-2H3;1-7H,(H,10,11);1H4/b19-18+;;7-6+;/t25-,26-;17-,18-;;/m00../s1. The van der Waals surface area contributed by atoms with E-state index < -0.39 is 35.9 Å². The molecule has 3 amide bonds. The summed E-state index contributed by atoms with van der Waals surface area (Å²) in [5.74, 6) is -3.24. The average molecular weight is 999 g/mol. The van der Waals surface area contributed by atoms with Crippen molar-refractivity contribution in [1.29, 1.82) is 0 Å². The van der Waals surface area contributed by atoms with Crippen LogP contribution in [-0.2, 0) is 38.2 Å². The fraction of sp³-hybridized carbons (Fsp3) is 0.246. The van der Waals surface area contributed by atoms with Crippen molar-refractivity contribution in [3.8, 4) is 0 Å². The summed E-state index contributed by atoms with van der Waals surface area (Å²) >= 11 is 0. The lowest BCUT2D eigenvalue weighted by Crippen LogP contribution is -2.44. The molecule has 0 saturated carbocycles. The fourth-order valence-electron chi connectivity index (χ4n) is 8.98. The van der Waals surface area contributed by atoms with Crippen molar-refractivity contribution in [3.63, 3.8) is 0 Å². The molecule has 0 unspecified atom stereocenters. The van der Waals surface area contributed by atoms with Crippen LogP contribution in [0.3, 0.4) is 0 Å². The number of hydrogen-bond donors (Lipinski definition) is 2. The van der Waals surface area contributed by atoms with E-state index in [1.54, 1.807) is 33.9 Å². The number of carboxylic acids is 1. The van der Waals surface area contributed by atoms with Gasteiger partial charge in [-0.15, -0.1) is 0 Å². The Hall–Kier alpha value is -8.42. The number of carbonyl (C=O) groups is 6. The largest absolute Gasteiger partial charge is 0.478 e. The van der Waals surface area contributed by atoms with E-state index in [9.17, 15) is 28.8 Å². The zero-order chi connectivity index (χ0) is 52.1. The van der Waals surface area contributed by atoms with Crippen LogP contribution >= 0.6 is 0 Å². The molecule has 6 aromatic rings. The maximum absolute atomic E-state index is 14.0. The number of nitrogens with one attached hydrogen (secondary N) is 1. The van der Waals surface area contributed by atoms with Crippen LogP contribution in [0.4, 0.5) is 0 Å². The Labute approximate surface area is 434 Å². The molecule has 2 saturated heterocycles. The van der Waals surface area contributed by atoms with E-state index in [0.717, 1.165) is 39.5 Å². The summed E-state index contributed by atoms with van der Waals surface area (Å²) in [7, 11) is 6.24. The Bertz CT molecular complexity index is 2700. The maximum Gasteiger partial charge on any atom is 0.328 e. The molecule has 2 N–H and O–H groups in total. The highest BCUT2D eigenvalue weighted by Crippen LogP contribution is 2.33. The van der Waals surface area contributed by atoms with Crippen molar-refractivity contribution in [3.05, 3.63) is 228 Å². The molecule has 0 aromatic heterocycles. The minimum absolute atomic E-state index is 0. The number of likely N-dealkylation sites (tertiary alicyclic amines) is 2. The van der Waals surface area contributed by atoms with Crippen molar-refractivity contribution >= 4 is 47.8 Å². The monoisotopic (exact) mass is 998 g/mol. The lowest BCUT2D eigenvalue weighted by atomic mass is 9.90. The van der Waals surface area contributed by atoms with Crippen LogP contribution in [0.1, 0.15) is 65.5 Å². The fourth-order valence-corrected chi connectivity index (χ4v) is 8.98. The summed E-state index contributed by atoms with van der Waals surface area (Å²) in [6.07, 6.45) is 6.83. The second-order valence-electron chi connectivity index (χ2n) is 17.5. The number of carbonyl (C=O) groups excluding carboxylic acids is 5. The van der Waals surface area contributed by atoms with Gasteiger partial charge in [-0.05, 0) is 59.0 Å². The number of ether oxygens (including phenoxy) is 2. The molecule has 384 valence electrons. The van der Waals surface area contributed by atoms with Crippen LogP contribution in [0.2, 0.25) is 0 Å². The van der Waals surface area contributed by atoms with Crippen LogP contribution in [0.15, 0.2) is 194 Å². The van der Waals surface area contributed by atoms with Crippen molar-refractivity contribution < 1.29 is 43.3 Å². The zero-order valence-electron chi connectivity index (χ0n) is 41.5. The van der Waals surface area contributed by atoms with Gasteiger partial charge in [0, 0.05) is 44.8 Å². The van der Waals surface area contributed by atoms with Crippen molar-refractivity contribution in [2.75, 3.05) is 41.4 Å². The molecule has 2 heterocycles. The number of carboxylic acid groups (broad SMARTS) is 1. The third kappa shape index (κ3) is 15.3. The first kappa shape index (κ1) is 56.5. The van der Waals surface area contributed by atoms with E-state index >= 15 is 0 Å². The van der Waals surface area contributed by atoms with E-state index in [1.165, 1.54) is 20.3 Å². The predicted octanol–water partition coefficient (Wildman–Crippen LogP) is 8.73. The normalized spacial score (nSPS) is 16.8. The van der Waals surface area contributed by atoms with Crippen molar-refractivity contribution in [2.24, 2.45) is 0 Å². The van der Waals surface area contributed by atoms with Crippen LogP contribution < -0.4 is 5.32 Å². The van der Waals surface area contributed by atoms with Gasteiger partial charge >= 0.3 is 17.9 Å². The lowest BCUT2D eigenvalue weighted by molar-refractivity contribution is -0.151. The topological polar surface area (TPSA) is 163 Å². The van der Waals surface area contributed by atoms with E-state index in [4.69, 9.17) is 14.6 Å². The SMILES string of the molecule is C.CN[C@H]1C[C@@H](C(=O)OC)N(C(=O)C(c2ccccc2)c2ccccc2)C1.COC(=O)[C@@H]1C[C@H](N(C)C(=O)/C=C/c2ccccc2)CN1C(=O)C(c1ccccc1)c1ccccc1.O=C(O)/C=C/c1ccccc1. The Morgan fingerprint density at radius 1 is 0.541 bits per heavy atom. The van der Waals surface area contributed by atoms with Gasteiger partial charge < -0.3 is 34.6 Å². The molecule has 2 aliphatic heterocycles. The van der Waals surface area contributed by atoms with Crippen molar-refractivity contribution in [1.82, 2.24) is 20.0 Å².